The molecule has 7 nitrogen and oxygen atoms in total. The van der Waals surface area contributed by atoms with Gasteiger partial charge in [-0.1, -0.05) is 18.2 Å². The van der Waals surface area contributed by atoms with Gasteiger partial charge in [0.1, 0.15) is 11.6 Å². The Morgan fingerprint density at radius 2 is 1.81 bits per heavy atom. The molecule has 0 bridgehead atoms. The number of benzene rings is 2. The predicted octanol–water partition coefficient (Wildman–Crippen LogP) is 3.26. The number of rotatable bonds is 5. The van der Waals surface area contributed by atoms with Gasteiger partial charge in [0.15, 0.2) is 0 Å². The minimum atomic E-state index is -0.209. The molecular weight excluding hydrogens is 392 g/mol. The van der Waals surface area contributed by atoms with Crippen LogP contribution in [-0.4, -0.2) is 45.8 Å². The molecule has 7 heteroatoms. The number of hydrogen-bond acceptors (Lipinski definition) is 4. The molecule has 1 saturated heterocycles. The smallest absolute Gasteiger partial charge is 0.343 e. The van der Waals surface area contributed by atoms with E-state index in [1.54, 1.807) is 11.7 Å². The number of amides is 1. The number of aromatic nitrogens is 3. The first-order valence-corrected chi connectivity index (χ1v) is 10.6. The zero-order valence-electron chi connectivity index (χ0n) is 18.2. The van der Waals surface area contributed by atoms with Crippen molar-refractivity contribution < 1.29 is 9.53 Å². The van der Waals surface area contributed by atoms with Crippen molar-refractivity contribution in [3.05, 3.63) is 81.0 Å². The predicted molar refractivity (Wildman–Crippen MR) is 119 cm³/mol. The molecule has 0 unspecified atom stereocenters. The van der Waals surface area contributed by atoms with E-state index in [1.807, 2.05) is 61.2 Å². The molecule has 0 spiro atoms. The number of piperidine rings is 1. The maximum atomic E-state index is 12.9. The molecule has 1 amide bonds. The van der Waals surface area contributed by atoms with Gasteiger partial charge in [-0.25, -0.2) is 9.89 Å². The zero-order chi connectivity index (χ0) is 22.0. The Balaban J connectivity index is 1.44. The Kier molecular flexibility index (Phi) is 5.93. The quantitative estimate of drug-likeness (QED) is 0.687. The summed E-state index contributed by atoms with van der Waals surface area (Å²) >= 11 is 0. The van der Waals surface area contributed by atoms with Gasteiger partial charge < -0.3 is 9.64 Å². The highest BCUT2D eigenvalue weighted by Crippen LogP contribution is 2.27. The van der Waals surface area contributed by atoms with E-state index in [2.05, 4.69) is 10.2 Å². The number of likely N-dealkylation sites (tertiary alicyclic amines) is 1. The first-order chi connectivity index (χ1) is 15.0. The molecular formula is C24H28N4O3. The first-order valence-electron chi connectivity index (χ1n) is 10.6. The Hall–Kier alpha value is -3.35. The van der Waals surface area contributed by atoms with Crippen LogP contribution >= 0.6 is 0 Å². The van der Waals surface area contributed by atoms with Gasteiger partial charge in [-0.2, -0.15) is 5.10 Å². The SMILES string of the molecule is COc1ccc(Cn2c(C3CCN(C(=O)c4ccc(C)c(C)c4)CC3)n[nH]c2=O)cc1. The van der Waals surface area contributed by atoms with E-state index in [9.17, 15) is 9.59 Å². The minimum Gasteiger partial charge on any atom is -0.497 e. The van der Waals surface area contributed by atoms with Crippen molar-refractivity contribution in [3.63, 3.8) is 0 Å². The summed E-state index contributed by atoms with van der Waals surface area (Å²) in [6.07, 6.45) is 1.56. The summed E-state index contributed by atoms with van der Waals surface area (Å²) in [4.78, 5) is 27.2. The number of nitrogens with zero attached hydrogens (tertiary/aromatic N) is 3. The summed E-state index contributed by atoms with van der Waals surface area (Å²) in [5.41, 5.74) is 3.84. The minimum absolute atomic E-state index is 0.0687. The van der Waals surface area contributed by atoms with Crippen LogP contribution in [0.15, 0.2) is 47.3 Å². The second kappa shape index (κ2) is 8.79. The van der Waals surface area contributed by atoms with E-state index in [1.165, 1.54) is 5.56 Å². The molecule has 0 radical (unpaired) electrons. The highest BCUT2D eigenvalue weighted by Gasteiger charge is 2.28. The van der Waals surface area contributed by atoms with Crippen LogP contribution in [0.5, 0.6) is 5.75 Å². The molecule has 162 valence electrons. The third-order valence-electron chi connectivity index (χ3n) is 6.19. The maximum Gasteiger partial charge on any atom is 0.343 e. The second-order valence-corrected chi connectivity index (χ2v) is 8.19. The first kappa shape index (κ1) is 20.9. The largest absolute Gasteiger partial charge is 0.497 e. The summed E-state index contributed by atoms with van der Waals surface area (Å²) in [6, 6.07) is 13.5. The zero-order valence-corrected chi connectivity index (χ0v) is 18.2. The molecule has 3 aromatic rings. The van der Waals surface area contributed by atoms with Crippen molar-refractivity contribution in [1.82, 2.24) is 19.7 Å². The molecule has 0 atom stereocenters. The molecule has 2 heterocycles. The van der Waals surface area contributed by atoms with Crippen molar-refractivity contribution in [2.24, 2.45) is 0 Å². The number of aromatic amines is 1. The fourth-order valence-electron chi connectivity index (χ4n) is 4.11. The lowest BCUT2D eigenvalue weighted by Crippen LogP contribution is -2.38. The number of nitrogens with one attached hydrogen (secondary N) is 1. The summed E-state index contributed by atoms with van der Waals surface area (Å²) in [6.45, 7) is 5.83. The molecule has 1 aliphatic rings. The number of carbonyl (C=O) groups excluding carboxylic acids is 1. The molecule has 31 heavy (non-hydrogen) atoms. The average Bonchev–Trinajstić information content (AvgIpc) is 3.16. The number of carbonyl (C=O) groups is 1. The number of H-pyrrole nitrogens is 1. The molecule has 0 aliphatic carbocycles. The lowest BCUT2D eigenvalue weighted by molar-refractivity contribution is 0.0710. The van der Waals surface area contributed by atoms with Crippen LogP contribution in [0.1, 0.15) is 51.6 Å². The molecule has 1 aliphatic heterocycles. The molecule has 0 saturated carbocycles. The summed E-state index contributed by atoms with van der Waals surface area (Å²) in [5, 5.41) is 6.92. The third-order valence-corrected chi connectivity index (χ3v) is 6.19. The van der Waals surface area contributed by atoms with E-state index in [0.29, 0.717) is 19.6 Å². The van der Waals surface area contributed by atoms with E-state index in [4.69, 9.17) is 4.74 Å². The Morgan fingerprint density at radius 3 is 2.45 bits per heavy atom. The number of aryl methyl sites for hydroxylation is 2. The molecule has 1 aromatic heterocycles. The van der Waals surface area contributed by atoms with Gasteiger partial charge >= 0.3 is 5.69 Å². The number of hydrogen-bond donors (Lipinski definition) is 1. The van der Waals surface area contributed by atoms with Crippen LogP contribution in [0.4, 0.5) is 0 Å². The van der Waals surface area contributed by atoms with Gasteiger partial charge in [0.25, 0.3) is 5.91 Å². The van der Waals surface area contributed by atoms with Crippen LogP contribution in [0.2, 0.25) is 0 Å². The average molecular weight is 421 g/mol. The maximum absolute atomic E-state index is 12.9. The van der Waals surface area contributed by atoms with Crippen LogP contribution in [0, 0.1) is 13.8 Å². The Bertz CT molecular complexity index is 1120. The van der Waals surface area contributed by atoms with Gasteiger partial charge in [-0.15, -0.1) is 0 Å². The lowest BCUT2D eigenvalue weighted by atomic mass is 9.95. The fraction of sp³-hybridized carbons (Fsp3) is 0.375. The number of methoxy groups -OCH3 is 1. The monoisotopic (exact) mass is 420 g/mol. The lowest BCUT2D eigenvalue weighted by Gasteiger charge is -2.31. The Labute approximate surface area is 181 Å². The van der Waals surface area contributed by atoms with Crippen molar-refractivity contribution in [3.8, 4) is 5.75 Å². The molecule has 1 N–H and O–H groups in total. The Morgan fingerprint density at radius 1 is 1.10 bits per heavy atom. The van der Waals surface area contributed by atoms with E-state index < -0.39 is 0 Å². The van der Waals surface area contributed by atoms with Crippen LogP contribution in [-0.2, 0) is 6.54 Å². The third kappa shape index (κ3) is 4.40. The van der Waals surface area contributed by atoms with E-state index >= 15 is 0 Å². The van der Waals surface area contributed by atoms with Crippen molar-refractivity contribution in [2.45, 2.75) is 39.2 Å². The van der Waals surface area contributed by atoms with E-state index in [0.717, 1.165) is 41.1 Å². The van der Waals surface area contributed by atoms with Gasteiger partial charge in [-0.05, 0) is 67.6 Å². The van der Waals surface area contributed by atoms with Gasteiger partial charge in [0, 0.05) is 24.6 Å². The van der Waals surface area contributed by atoms with Gasteiger partial charge in [0.2, 0.25) is 0 Å². The number of ether oxygens (including phenoxy) is 1. The van der Waals surface area contributed by atoms with Crippen LogP contribution < -0.4 is 10.4 Å². The standard InChI is InChI=1S/C24H28N4O3/c1-16-4-7-20(14-17(16)2)23(29)27-12-10-19(11-13-27)22-25-26-24(30)28(22)15-18-5-8-21(31-3)9-6-18/h4-9,14,19H,10-13,15H2,1-3H3,(H,26,30). The highest BCUT2D eigenvalue weighted by molar-refractivity contribution is 5.94. The van der Waals surface area contributed by atoms with Crippen LogP contribution in [0.3, 0.4) is 0 Å². The molecule has 1 fully saturated rings. The van der Waals surface area contributed by atoms with Gasteiger partial charge in [0.05, 0.1) is 13.7 Å². The summed E-state index contributed by atoms with van der Waals surface area (Å²) in [7, 11) is 1.63. The normalized spacial score (nSPS) is 14.6. The highest BCUT2D eigenvalue weighted by atomic mass is 16.5. The van der Waals surface area contributed by atoms with Crippen LogP contribution in [0.25, 0.3) is 0 Å². The topological polar surface area (TPSA) is 80.2 Å². The molecule has 4 rings (SSSR count). The second-order valence-electron chi connectivity index (χ2n) is 8.19. The fourth-order valence-corrected chi connectivity index (χ4v) is 4.11. The van der Waals surface area contributed by atoms with Gasteiger partial charge in [-0.3, -0.25) is 9.36 Å². The van der Waals surface area contributed by atoms with Crippen molar-refractivity contribution in [2.75, 3.05) is 20.2 Å². The van der Waals surface area contributed by atoms with E-state index in [-0.39, 0.29) is 17.5 Å². The summed E-state index contributed by atoms with van der Waals surface area (Å²) < 4.78 is 6.90. The van der Waals surface area contributed by atoms with Crippen molar-refractivity contribution >= 4 is 5.91 Å². The molecule has 2 aromatic carbocycles. The summed E-state index contributed by atoms with van der Waals surface area (Å²) in [5.74, 6) is 1.75. The van der Waals surface area contributed by atoms with Crippen molar-refractivity contribution in [1.29, 1.82) is 0 Å².